The fourth-order valence-electron chi connectivity index (χ4n) is 3.68. The van der Waals surface area contributed by atoms with E-state index >= 15 is 0 Å². The van der Waals surface area contributed by atoms with Gasteiger partial charge in [0.15, 0.2) is 0 Å². The average Bonchev–Trinajstić information content (AvgIpc) is 3.03. The Bertz CT molecular complexity index is 592. The second kappa shape index (κ2) is 6.70. The van der Waals surface area contributed by atoms with E-state index in [1.807, 2.05) is 32.4 Å². The summed E-state index contributed by atoms with van der Waals surface area (Å²) in [5.41, 5.74) is -0.469. The fraction of sp³-hybridized carbons (Fsp3) is 0.824. The number of aromatic nitrogens is 3. The Morgan fingerprint density at radius 3 is 2.71 bits per heavy atom. The molecule has 0 aromatic carbocycles. The van der Waals surface area contributed by atoms with Crippen molar-refractivity contribution in [1.29, 1.82) is 0 Å². The Labute approximate surface area is 143 Å². The van der Waals surface area contributed by atoms with Gasteiger partial charge in [0.2, 0.25) is 0 Å². The summed E-state index contributed by atoms with van der Waals surface area (Å²) < 4.78 is 7.41. The molecule has 1 fully saturated rings. The molecule has 2 aliphatic rings. The number of aryl methyl sites for hydroxylation is 2. The minimum Gasteiger partial charge on any atom is -0.444 e. The summed E-state index contributed by atoms with van der Waals surface area (Å²) in [6, 6.07) is 0.580. The van der Waals surface area contributed by atoms with Crippen LogP contribution in [0.5, 0.6) is 0 Å². The van der Waals surface area contributed by atoms with Crippen molar-refractivity contribution in [1.82, 2.24) is 25.4 Å². The highest BCUT2D eigenvalue weighted by atomic mass is 16.6. The average molecular weight is 335 g/mol. The molecule has 24 heavy (non-hydrogen) atoms. The lowest BCUT2D eigenvalue weighted by atomic mass is 10.0. The molecule has 2 heterocycles. The molecular formula is C17H29N5O2. The van der Waals surface area contributed by atoms with Gasteiger partial charge in [-0.2, -0.15) is 5.10 Å². The number of alkyl carbamates (subject to hydrolysis) is 1. The van der Waals surface area contributed by atoms with Crippen LogP contribution in [0.4, 0.5) is 4.79 Å². The van der Waals surface area contributed by atoms with Gasteiger partial charge in [-0.3, -0.25) is 0 Å². The maximum atomic E-state index is 12.1. The lowest BCUT2D eigenvalue weighted by Gasteiger charge is -2.30. The van der Waals surface area contributed by atoms with Gasteiger partial charge >= 0.3 is 6.09 Å². The first-order valence-corrected chi connectivity index (χ1v) is 8.99. The maximum Gasteiger partial charge on any atom is 0.407 e. The smallest absolute Gasteiger partial charge is 0.407 e. The molecule has 1 saturated carbocycles. The quantitative estimate of drug-likeness (QED) is 0.887. The standard InChI is InChI=1S/C17H29N5O2/c1-11-18-15-14(9-6-10-22(15)21-11)19-12-7-5-8-13(12)20-16(23)24-17(2,3)4/h12-14,19H,5-10H2,1-4H3,(H,20,23)/t12-,13-,14-/m0/s1. The summed E-state index contributed by atoms with van der Waals surface area (Å²) in [5, 5.41) is 11.2. The highest BCUT2D eigenvalue weighted by Gasteiger charge is 2.34. The molecule has 3 rings (SSSR count). The molecule has 0 unspecified atom stereocenters. The molecule has 134 valence electrons. The Morgan fingerprint density at radius 2 is 1.96 bits per heavy atom. The van der Waals surface area contributed by atoms with Crippen molar-refractivity contribution in [3.8, 4) is 0 Å². The largest absolute Gasteiger partial charge is 0.444 e. The number of amides is 1. The zero-order valence-electron chi connectivity index (χ0n) is 15.1. The monoisotopic (exact) mass is 335 g/mol. The van der Waals surface area contributed by atoms with Crippen LogP contribution in [0.1, 0.15) is 70.6 Å². The van der Waals surface area contributed by atoms with E-state index in [-0.39, 0.29) is 24.2 Å². The summed E-state index contributed by atoms with van der Waals surface area (Å²) >= 11 is 0. The van der Waals surface area contributed by atoms with E-state index in [2.05, 4.69) is 20.7 Å². The number of rotatable bonds is 3. The van der Waals surface area contributed by atoms with Gasteiger partial charge < -0.3 is 15.4 Å². The molecular weight excluding hydrogens is 306 g/mol. The second-order valence-corrected chi connectivity index (χ2v) is 7.89. The summed E-state index contributed by atoms with van der Waals surface area (Å²) in [5.74, 6) is 1.86. The van der Waals surface area contributed by atoms with E-state index in [0.29, 0.717) is 0 Å². The molecule has 7 nitrogen and oxygen atoms in total. The van der Waals surface area contributed by atoms with E-state index in [1.54, 1.807) is 0 Å². The summed E-state index contributed by atoms with van der Waals surface area (Å²) in [6.45, 7) is 8.53. The van der Waals surface area contributed by atoms with Crippen molar-refractivity contribution in [2.45, 2.75) is 90.1 Å². The van der Waals surface area contributed by atoms with E-state index < -0.39 is 5.60 Å². The van der Waals surface area contributed by atoms with Crippen LogP contribution in [0, 0.1) is 6.92 Å². The molecule has 0 spiro atoms. The van der Waals surface area contributed by atoms with E-state index in [1.165, 1.54) is 0 Å². The van der Waals surface area contributed by atoms with E-state index in [9.17, 15) is 4.79 Å². The fourth-order valence-corrected chi connectivity index (χ4v) is 3.68. The van der Waals surface area contributed by atoms with Crippen LogP contribution >= 0.6 is 0 Å². The van der Waals surface area contributed by atoms with Crippen LogP contribution in [0.2, 0.25) is 0 Å². The van der Waals surface area contributed by atoms with Gasteiger partial charge in [0.05, 0.1) is 6.04 Å². The molecule has 1 aromatic rings. The lowest BCUT2D eigenvalue weighted by Crippen LogP contribution is -2.49. The zero-order chi connectivity index (χ0) is 17.3. The molecule has 1 amide bonds. The normalized spacial score (nSPS) is 26.9. The minimum absolute atomic E-state index is 0.110. The van der Waals surface area contributed by atoms with Gasteiger partial charge in [-0.25, -0.2) is 14.5 Å². The number of fused-ring (bicyclic) bond motifs is 1. The summed E-state index contributed by atoms with van der Waals surface area (Å²) in [4.78, 5) is 16.7. The Morgan fingerprint density at radius 1 is 1.21 bits per heavy atom. The third-order valence-electron chi connectivity index (χ3n) is 4.61. The first kappa shape index (κ1) is 17.2. The van der Waals surface area contributed by atoms with Crippen molar-refractivity contribution in [3.63, 3.8) is 0 Å². The molecule has 0 radical (unpaired) electrons. The Balaban J connectivity index is 1.61. The first-order chi connectivity index (χ1) is 11.3. The predicted molar refractivity (Wildman–Crippen MR) is 90.7 cm³/mol. The van der Waals surface area contributed by atoms with Gasteiger partial charge in [-0.15, -0.1) is 0 Å². The Kier molecular flexibility index (Phi) is 4.80. The van der Waals surface area contributed by atoms with Gasteiger partial charge in [-0.1, -0.05) is 0 Å². The molecule has 1 aliphatic carbocycles. The van der Waals surface area contributed by atoms with Crippen molar-refractivity contribution in [2.24, 2.45) is 0 Å². The van der Waals surface area contributed by atoms with Gasteiger partial charge in [0.1, 0.15) is 17.2 Å². The molecule has 1 aromatic heterocycles. The topological polar surface area (TPSA) is 81.1 Å². The third-order valence-corrected chi connectivity index (χ3v) is 4.61. The molecule has 7 heteroatoms. The van der Waals surface area contributed by atoms with Crippen LogP contribution in [0.25, 0.3) is 0 Å². The molecule has 3 atom stereocenters. The van der Waals surface area contributed by atoms with E-state index in [4.69, 9.17) is 4.74 Å². The zero-order valence-corrected chi connectivity index (χ0v) is 15.1. The number of hydrogen-bond donors (Lipinski definition) is 2. The predicted octanol–water partition coefficient (Wildman–Crippen LogP) is 2.46. The first-order valence-electron chi connectivity index (χ1n) is 8.99. The second-order valence-electron chi connectivity index (χ2n) is 7.89. The van der Waals surface area contributed by atoms with Crippen LogP contribution < -0.4 is 10.6 Å². The van der Waals surface area contributed by atoms with Crippen molar-refractivity contribution < 1.29 is 9.53 Å². The van der Waals surface area contributed by atoms with Gasteiger partial charge in [0, 0.05) is 18.6 Å². The highest BCUT2D eigenvalue weighted by molar-refractivity contribution is 5.68. The van der Waals surface area contributed by atoms with Crippen LogP contribution in [-0.2, 0) is 11.3 Å². The number of hydrogen-bond acceptors (Lipinski definition) is 5. The van der Waals surface area contributed by atoms with E-state index in [0.717, 1.165) is 50.3 Å². The minimum atomic E-state index is -0.469. The number of nitrogens with one attached hydrogen (secondary N) is 2. The number of ether oxygens (including phenoxy) is 1. The maximum absolute atomic E-state index is 12.1. The lowest BCUT2D eigenvalue weighted by molar-refractivity contribution is 0.0496. The summed E-state index contributed by atoms with van der Waals surface area (Å²) in [7, 11) is 0. The summed E-state index contributed by atoms with van der Waals surface area (Å²) in [6.07, 6.45) is 4.98. The van der Waals surface area contributed by atoms with Crippen molar-refractivity contribution in [2.75, 3.05) is 0 Å². The van der Waals surface area contributed by atoms with Crippen molar-refractivity contribution in [3.05, 3.63) is 11.6 Å². The Hall–Kier alpha value is -1.63. The SMILES string of the molecule is Cc1nc2n(n1)CCC[C@@H]2N[C@H]1CCC[C@@H]1NC(=O)OC(C)(C)C. The molecule has 0 bridgehead atoms. The van der Waals surface area contributed by atoms with Crippen LogP contribution in [-0.4, -0.2) is 38.5 Å². The molecule has 1 aliphatic heterocycles. The highest BCUT2D eigenvalue weighted by Crippen LogP contribution is 2.28. The molecule has 2 N–H and O–H groups in total. The third kappa shape index (κ3) is 4.06. The van der Waals surface area contributed by atoms with Crippen LogP contribution in [0.15, 0.2) is 0 Å². The number of carbonyl (C=O) groups excluding carboxylic acids is 1. The van der Waals surface area contributed by atoms with Gasteiger partial charge in [-0.05, 0) is 59.8 Å². The van der Waals surface area contributed by atoms with Crippen molar-refractivity contribution >= 4 is 6.09 Å². The number of carbonyl (C=O) groups is 1. The molecule has 0 saturated heterocycles. The van der Waals surface area contributed by atoms with Gasteiger partial charge in [0.25, 0.3) is 0 Å². The number of nitrogens with zero attached hydrogens (tertiary/aromatic N) is 3. The van der Waals surface area contributed by atoms with Crippen LogP contribution in [0.3, 0.4) is 0 Å².